The standard InChI is InChI=1S/C9H7BF3O2.K/c11-10(12,13)7-2-3-8-6(5-7)1-4-9(14)15-8;/h2-3,5H,1,4H2;/q-1;+1. The molecule has 0 atom stereocenters. The van der Waals surface area contributed by atoms with E-state index >= 15 is 0 Å². The second-order valence-electron chi connectivity index (χ2n) is 3.42. The zero-order chi connectivity index (χ0) is 11.1. The summed E-state index contributed by atoms with van der Waals surface area (Å²) in [6.07, 6.45) is 0.454. The zero-order valence-corrected chi connectivity index (χ0v) is 11.8. The number of aryl methyl sites for hydroxylation is 1. The third-order valence-electron chi connectivity index (χ3n) is 2.28. The molecule has 0 bridgehead atoms. The molecule has 0 aliphatic carbocycles. The summed E-state index contributed by atoms with van der Waals surface area (Å²) in [4.78, 5) is 10.9. The number of carbonyl (C=O) groups is 1. The van der Waals surface area contributed by atoms with E-state index in [0.29, 0.717) is 12.0 Å². The maximum Gasteiger partial charge on any atom is 1.00 e. The van der Waals surface area contributed by atoms with Gasteiger partial charge in [-0.15, -0.1) is 5.46 Å². The van der Waals surface area contributed by atoms with Crippen LogP contribution in [0.25, 0.3) is 0 Å². The van der Waals surface area contributed by atoms with Gasteiger partial charge in [0.1, 0.15) is 5.75 Å². The fourth-order valence-electron chi connectivity index (χ4n) is 1.51. The Hall–Kier alpha value is 0.181. The molecule has 2 rings (SSSR count). The summed E-state index contributed by atoms with van der Waals surface area (Å²) in [5.74, 6) is -0.150. The molecule has 7 heteroatoms. The second kappa shape index (κ2) is 5.22. The van der Waals surface area contributed by atoms with Gasteiger partial charge in [-0.25, -0.2) is 0 Å². The van der Waals surface area contributed by atoms with Crippen LogP contribution < -0.4 is 61.6 Å². The van der Waals surface area contributed by atoms with Crippen LogP contribution in [0, 0.1) is 0 Å². The largest absolute Gasteiger partial charge is 1.00 e. The van der Waals surface area contributed by atoms with Crippen LogP contribution in [-0.2, 0) is 11.2 Å². The Labute approximate surface area is 133 Å². The first kappa shape index (κ1) is 14.2. The predicted molar refractivity (Wildman–Crippen MR) is 49.1 cm³/mol. The van der Waals surface area contributed by atoms with Gasteiger partial charge in [-0.1, -0.05) is 12.1 Å². The molecule has 0 N–H and O–H groups in total. The van der Waals surface area contributed by atoms with Crippen LogP contribution in [0.15, 0.2) is 18.2 Å². The van der Waals surface area contributed by atoms with Gasteiger partial charge >= 0.3 is 64.3 Å². The van der Waals surface area contributed by atoms with E-state index in [1.165, 1.54) is 6.07 Å². The maximum atomic E-state index is 12.4. The van der Waals surface area contributed by atoms with Gasteiger partial charge in [0.15, 0.2) is 0 Å². The fourth-order valence-corrected chi connectivity index (χ4v) is 1.51. The van der Waals surface area contributed by atoms with Crippen molar-refractivity contribution in [3.05, 3.63) is 23.8 Å². The number of rotatable bonds is 1. The minimum Gasteiger partial charge on any atom is -0.445 e. The van der Waals surface area contributed by atoms with E-state index in [1.807, 2.05) is 0 Å². The summed E-state index contributed by atoms with van der Waals surface area (Å²) in [6.45, 7) is -4.98. The van der Waals surface area contributed by atoms with Crippen molar-refractivity contribution in [3.63, 3.8) is 0 Å². The van der Waals surface area contributed by atoms with Crippen LogP contribution in [0.3, 0.4) is 0 Å². The van der Waals surface area contributed by atoms with Gasteiger partial charge in [0, 0.05) is 0 Å². The molecule has 0 aromatic heterocycles. The first-order valence-electron chi connectivity index (χ1n) is 4.50. The Morgan fingerprint density at radius 1 is 1.19 bits per heavy atom. The van der Waals surface area contributed by atoms with E-state index in [9.17, 15) is 17.7 Å². The molecule has 0 saturated carbocycles. The van der Waals surface area contributed by atoms with Crippen molar-refractivity contribution < 1.29 is 73.9 Å². The summed E-state index contributed by atoms with van der Waals surface area (Å²) in [5.41, 5.74) is -0.196. The van der Waals surface area contributed by atoms with E-state index < -0.39 is 18.4 Å². The molecular weight excluding hydrogens is 247 g/mol. The number of benzene rings is 1. The molecular formula is C9H7BF3KO2. The summed E-state index contributed by atoms with van der Waals surface area (Å²) >= 11 is 0. The second-order valence-corrected chi connectivity index (χ2v) is 3.42. The summed E-state index contributed by atoms with van der Waals surface area (Å²) in [6, 6.07) is 3.20. The molecule has 16 heavy (non-hydrogen) atoms. The van der Waals surface area contributed by atoms with Crippen LogP contribution in [0.5, 0.6) is 5.75 Å². The first-order chi connectivity index (χ1) is 6.97. The van der Waals surface area contributed by atoms with Crippen molar-refractivity contribution in [1.82, 2.24) is 0 Å². The summed E-state index contributed by atoms with van der Waals surface area (Å²) in [5, 5.41) is 0. The van der Waals surface area contributed by atoms with Crippen molar-refractivity contribution in [2.75, 3.05) is 0 Å². The minimum atomic E-state index is -4.98. The first-order valence-corrected chi connectivity index (χ1v) is 4.50. The Bertz CT molecular complexity index is 420. The molecule has 0 spiro atoms. The van der Waals surface area contributed by atoms with Crippen molar-refractivity contribution in [3.8, 4) is 5.75 Å². The zero-order valence-electron chi connectivity index (χ0n) is 8.67. The SMILES string of the molecule is O=C1CCc2cc([B-](F)(F)F)ccc2O1.[K+]. The van der Waals surface area contributed by atoms with E-state index in [4.69, 9.17) is 4.74 Å². The van der Waals surface area contributed by atoms with Gasteiger partial charge in [-0.2, -0.15) is 0 Å². The van der Waals surface area contributed by atoms with Gasteiger partial charge < -0.3 is 17.7 Å². The van der Waals surface area contributed by atoms with E-state index in [2.05, 4.69) is 0 Å². The monoisotopic (exact) mass is 254 g/mol. The molecule has 0 radical (unpaired) electrons. The van der Waals surface area contributed by atoms with Crippen molar-refractivity contribution >= 4 is 18.4 Å². The Morgan fingerprint density at radius 3 is 2.50 bits per heavy atom. The van der Waals surface area contributed by atoms with Gasteiger partial charge in [0.25, 0.3) is 0 Å². The number of carbonyl (C=O) groups excluding carboxylic acids is 1. The van der Waals surface area contributed by atoms with Gasteiger partial charge in [-0.3, -0.25) is 4.79 Å². The molecule has 0 fully saturated rings. The third-order valence-corrected chi connectivity index (χ3v) is 2.28. The number of halogens is 3. The maximum absolute atomic E-state index is 12.4. The van der Waals surface area contributed by atoms with Crippen molar-refractivity contribution in [2.45, 2.75) is 12.8 Å². The normalized spacial score (nSPS) is 14.8. The van der Waals surface area contributed by atoms with E-state index in [1.54, 1.807) is 0 Å². The number of fused-ring (bicyclic) bond motifs is 1. The molecule has 0 unspecified atom stereocenters. The topological polar surface area (TPSA) is 26.3 Å². The smallest absolute Gasteiger partial charge is 0.445 e. The minimum absolute atomic E-state index is 0. The van der Waals surface area contributed by atoms with Gasteiger partial charge in [0.2, 0.25) is 0 Å². The molecule has 1 aliphatic heterocycles. The van der Waals surface area contributed by atoms with E-state index in [-0.39, 0.29) is 63.6 Å². The van der Waals surface area contributed by atoms with Crippen molar-refractivity contribution in [2.24, 2.45) is 0 Å². The molecule has 0 amide bonds. The number of hydrogen-bond donors (Lipinski definition) is 0. The van der Waals surface area contributed by atoms with E-state index in [0.717, 1.165) is 12.1 Å². The molecule has 1 heterocycles. The van der Waals surface area contributed by atoms with Crippen LogP contribution in [0.1, 0.15) is 12.0 Å². The quantitative estimate of drug-likeness (QED) is 0.350. The molecule has 0 saturated heterocycles. The Morgan fingerprint density at radius 2 is 1.88 bits per heavy atom. The van der Waals surface area contributed by atoms with Crippen molar-refractivity contribution in [1.29, 1.82) is 0 Å². The Balaban J connectivity index is 0.00000128. The molecule has 80 valence electrons. The molecule has 2 nitrogen and oxygen atoms in total. The van der Waals surface area contributed by atoms with Gasteiger partial charge in [-0.05, 0) is 18.1 Å². The average Bonchev–Trinajstić information content (AvgIpc) is 2.15. The number of hydrogen-bond acceptors (Lipinski definition) is 2. The number of esters is 1. The molecule has 1 aromatic rings. The molecule has 1 aliphatic rings. The van der Waals surface area contributed by atoms with Crippen LogP contribution in [0.4, 0.5) is 12.9 Å². The predicted octanol–water partition coefficient (Wildman–Crippen LogP) is -1.40. The average molecular weight is 254 g/mol. The third kappa shape index (κ3) is 3.10. The van der Waals surface area contributed by atoms with Gasteiger partial charge in [0.05, 0.1) is 6.42 Å². The summed E-state index contributed by atoms with van der Waals surface area (Å²) in [7, 11) is 0. The van der Waals surface area contributed by atoms with Crippen LogP contribution in [-0.4, -0.2) is 12.9 Å². The Kier molecular flexibility index (Phi) is 4.65. The molecule has 1 aromatic carbocycles. The summed E-state index contributed by atoms with van der Waals surface area (Å²) < 4.78 is 42.0. The van der Waals surface area contributed by atoms with Crippen LogP contribution in [0.2, 0.25) is 0 Å². The number of ether oxygens (including phenoxy) is 1. The fraction of sp³-hybridized carbons (Fsp3) is 0.222. The van der Waals surface area contributed by atoms with Crippen LogP contribution >= 0.6 is 0 Å².